The van der Waals surface area contributed by atoms with E-state index in [0.717, 1.165) is 4.90 Å². The largest absolute Gasteiger partial charge is 0.479 e. The summed E-state index contributed by atoms with van der Waals surface area (Å²) in [6.45, 7) is 1.95. The van der Waals surface area contributed by atoms with Crippen LogP contribution in [0.3, 0.4) is 0 Å². The van der Waals surface area contributed by atoms with Gasteiger partial charge in [0.2, 0.25) is 6.41 Å². The minimum absolute atomic E-state index is 0.266. The Morgan fingerprint density at radius 1 is 1.53 bits per heavy atom. The third kappa shape index (κ3) is 3.11. The summed E-state index contributed by atoms with van der Waals surface area (Å²) < 4.78 is 0. The van der Waals surface area contributed by atoms with Crippen LogP contribution >= 0.6 is 23.2 Å². The van der Waals surface area contributed by atoms with Gasteiger partial charge in [0.05, 0.1) is 0 Å². The van der Waals surface area contributed by atoms with E-state index in [1.54, 1.807) is 13.0 Å². The van der Waals surface area contributed by atoms with E-state index in [9.17, 15) is 14.7 Å². The highest BCUT2D eigenvalue weighted by molar-refractivity contribution is 6.33. The van der Waals surface area contributed by atoms with Crippen LogP contribution in [0.15, 0.2) is 18.2 Å². The van der Waals surface area contributed by atoms with Crippen LogP contribution in [-0.2, 0) is 9.59 Å². The van der Waals surface area contributed by atoms with Crippen LogP contribution in [0.5, 0.6) is 0 Å². The first-order valence-corrected chi connectivity index (χ1v) is 5.65. The maximum atomic E-state index is 11.2. The second-order valence-corrected chi connectivity index (χ2v) is 4.19. The van der Waals surface area contributed by atoms with Crippen LogP contribution in [0, 0.1) is 0 Å². The lowest BCUT2D eigenvalue weighted by atomic mass is 10.1. The Balaban J connectivity index is 3.26. The third-order valence-corrected chi connectivity index (χ3v) is 2.90. The number of amides is 1. The summed E-state index contributed by atoms with van der Waals surface area (Å²) in [6.07, 6.45) is 0.482. The third-order valence-electron chi connectivity index (χ3n) is 2.32. The van der Waals surface area contributed by atoms with Gasteiger partial charge in [0, 0.05) is 22.2 Å². The van der Waals surface area contributed by atoms with Crippen LogP contribution < -0.4 is 0 Å². The van der Waals surface area contributed by atoms with Crippen molar-refractivity contribution in [3.63, 3.8) is 0 Å². The summed E-state index contributed by atoms with van der Waals surface area (Å²) in [5.41, 5.74) is 0.306. The zero-order valence-corrected chi connectivity index (χ0v) is 10.6. The summed E-state index contributed by atoms with van der Waals surface area (Å²) in [5.74, 6) is -1.15. The van der Waals surface area contributed by atoms with Crippen LogP contribution in [0.2, 0.25) is 10.0 Å². The van der Waals surface area contributed by atoms with E-state index in [2.05, 4.69) is 0 Å². The molecule has 0 heterocycles. The number of carboxylic acids is 1. The number of likely N-dealkylation sites (N-methyl/N-ethyl adjacent to an activating group) is 1. The Labute approximate surface area is 109 Å². The lowest BCUT2D eigenvalue weighted by molar-refractivity contribution is -0.146. The number of nitrogens with zero attached hydrogens (tertiary/aromatic N) is 1. The van der Waals surface area contributed by atoms with Crippen molar-refractivity contribution in [2.75, 3.05) is 6.54 Å². The number of hydrogen-bond acceptors (Lipinski definition) is 2. The van der Waals surface area contributed by atoms with E-state index in [-0.39, 0.29) is 11.6 Å². The molecular formula is C11H11Cl2NO3. The average Bonchev–Trinajstić information content (AvgIpc) is 2.29. The molecule has 0 aromatic heterocycles. The van der Waals surface area contributed by atoms with Gasteiger partial charge in [-0.3, -0.25) is 4.79 Å². The average molecular weight is 276 g/mol. The number of carboxylic acid groups (broad SMARTS) is 1. The van der Waals surface area contributed by atoms with Crippen molar-refractivity contribution in [3.8, 4) is 0 Å². The molecule has 0 radical (unpaired) electrons. The first-order chi connectivity index (χ1) is 8.01. The molecule has 1 unspecified atom stereocenters. The van der Waals surface area contributed by atoms with Gasteiger partial charge in [0.25, 0.3) is 0 Å². The van der Waals surface area contributed by atoms with Crippen molar-refractivity contribution in [2.45, 2.75) is 13.0 Å². The van der Waals surface area contributed by atoms with Gasteiger partial charge in [-0.25, -0.2) is 4.79 Å². The van der Waals surface area contributed by atoms with Gasteiger partial charge in [0.15, 0.2) is 6.04 Å². The molecule has 1 atom stereocenters. The Morgan fingerprint density at radius 3 is 2.65 bits per heavy atom. The monoisotopic (exact) mass is 275 g/mol. The van der Waals surface area contributed by atoms with Crippen molar-refractivity contribution in [1.29, 1.82) is 0 Å². The Hall–Kier alpha value is -1.26. The number of rotatable bonds is 5. The van der Waals surface area contributed by atoms with Gasteiger partial charge in [-0.1, -0.05) is 23.2 Å². The van der Waals surface area contributed by atoms with Crippen molar-refractivity contribution in [2.24, 2.45) is 0 Å². The topological polar surface area (TPSA) is 57.6 Å². The molecule has 0 saturated heterocycles. The Bertz CT molecular complexity index is 437. The summed E-state index contributed by atoms with van der Waals surface area (Å²) >= 11 is 11.7. The summed E-state index contributed by atoms with van der Waals surface area (Å²) in [7, 11) is 0. The minimum Gasteiger partial charge on any atom is -0.479 e. The Morgan fingerprint density at radius 2 is 2.18 bits per heavy atom. The predicted octanol–water partition coefficient (Wildman–Crippen LogP) is 2.60. The van der Waals surface area contributed by atoms with Gasteiger partial charge in [-0.05, 0) is 25.1 Å². The van der Waals surface area contributed by atoms with Gasteiger partial charge < -0.3 is 10.0 Å². The minimum atomic E-state index is -1.15. The van der Waals surface area contributed by atoms with Crippen LogP contribution in [0.25, 0.3) is 0 Å². The molecule has 0 aliphatic carbocycles. The van der Waals surface area contributed by atoms with Crippen LogP contribution in [-0.4, -0.2) is 28.9 Å². The lowest BCUT2D eigenvalue weighted by Crippen LogP contribution is -2.33. The van der Waals surface area contributed by atoms with Gasteiger partial charge in [0.1, 0.15) is 0 Å². The first-order valence-electron chi connectivity index (χ1n) is 4.90. The van der Waals surface area contributed by atoms with Crippen LogP contribution in [0.4, 0.5) is 0 Å². The highest BCUT2D eigenvalue weighted by atomic mass is 35.5. The molecule has 6 heteroatoms. The lowest BCUT2D eigenvalue weighted by Gasteiger charge is -2.24. The fraction of sp³-hybridized carbons (Fsp3) is 0.273. The molecule has 0 bridgehead atoms. The van der Waals surface area contributed by atoms with E-state index < -0.39 is 12.0 Å². The number of hydrogen-bond donors (Lipinski definition) is 1. The molecular weight excluding hydrogens is 265 g/mol. The maximum absolute atomic E-state index is 11.2. The number of carbonyl (C=O) groups is 2. The Kier molecular flexibility index (Phi) is 4.78. The molecule has 1 rings (SSSR count). The van der Waals surface area contributed by atoms with Gasteiger partial charge >= 0.3 is 5.97 Å². The highest BCUT2D eigenvalue weighted by Gasteiger charge is 2.27. The molecule has 0 aliphatic rings. The van der Waals surface area contributed by atoms with Crippen LogP contribution in [0.1, 0.15) is 18.5 Å². The van der Waals surface area contributed by atoms with Crippen molar-refractivity contribution in [1.82, 2.24) is 4.90 Å². The zero-order chi connectivity index (χ0) is 13.0. The number of aliphatic carboxylic acids is 1. The standard InChI is InChI=1S/C11H11Cl2NO3/c1-2-14(6-15)10(11(16)17)8-5-7(12)3-4-9(8)13/h3-6,10H,2H2,1H3,(H,16,17). The fourth-order valence-corrected chi connectivity index (χ4v) is 1.90. The number of halogens is 2. The molecule has 92 valence electrons. The predicted molar refractivity (Wildman–Crippen MR) is 65.3 cm³/mol. The van der Waals surface area contributed by atoms with E-state index in [1.807, 2.05) is 0 Å². The molecule has 1 aromatic carbocycles. The first kappa shape index (κ1) is 13.8. The molecule has 0 spiro atoms. The molecule has 4 nitrogen and oxygen atoms in total. The van der Waals surface area contributed by atoms with E-state index in [4.69, 9.17) is 23.2 Å². The van der Waals surface area contributed by atoms with Crippen molar-refractivity contribution >= 4 is 35.6 Å². The number of benzene rings is 1. The fourth-order valence-electron chi connectivity index (χ4n) is 1.50. The van der Waals surface area contributed by atoms with E-state index in [1.165, 1.54) is 12.1 Å². The number of carbonyl (C=O) groups excluding carboxylic acids is 1. The SMILES string of the molecule is CCN(C=O)C(C(=O)O)c1cc(Cl)ccc1Cl. The van der Waals surface area contributed by atoms with Crippen molar-refractivity contribution in [3.05, 3.63) is 33.8 Å². The normalized spacial score (nSPS) is 11.9. The molecule has 1 N–H and O–H groups in total. The van der Waals surface area contributed by atoms with Gasteiger partial charge in [-0.2, -0.15) is 0 Å². The molecule has 0 saturated carbocycles. The molecule has 17 heavy (non-hydrogen) atoms. The summed E-state index contributed by atoms with van der Waals surface area (Å²) in [6, 6.07) is 3.40. The van der Waals surface area contributed by atoms with Gasteiger partial charge in [-0.15, -0.1) is 0 Å². The van der Waals surface area contributed by atoms with Crippen molar-refractivity contribution < 1.29 is 14.7 Å². The maximum Gasteiger partial charge on any atom is 0.331 e. The zero-order valence-electron chi connectivity index (χ0n) is 9.06. The second-order valence-electron chi connectivity index (χ2n) is 3.34. The summed E-state index contributed by atoms with van der Waals surface area (Å²) in [4.78, 5) is 23.2. The molecule has 1 aromatic rings. The molecule has 1 amide bonds. The smallest absolute Gasteiger partial charge is 0.331 e. The van der Waals surface area contributed by atoms with E-state index >= 15 is 0 Å². The molecule has 0 fully saturated rings. The quantitative estimate of drug-likeness (QED) is 0.841. The highest BCUT2D eigenvalue weighted by Crippen LogP contribution is 2.29. The summed E-state index contributed by atoms with van der Waals surface area (Å²) in [5, 5.41) is 9.81. The second kappa shape index (κ2) is 5.89. The molecule has 0 aliphatic heterocycles. The van der Waals surface area contributed by atoms with E-state index in [0.29, 0.717) is 17.0 Å².